The number of thiophene rings is 1. The minimum Gasteiger partial charge on any atom is -0.459 e. The number of carbonyl (C=O) groups is 1. The third-order valence-electron chi connectivity index (χ3n) is 4.61. The molecular weight excluding hydrogens is 362 g/mol. The highest BCUT2D eigenvalue weighted by atomic mass is 32.1. The summed E-state index contributed by atoms with van der Waals surface area (Å²) in [6, 6.07) is 7.53. The van der Waals surface area contributed by atoms with Gasteiger partial charge in [-0.2, -0.15) is 4.91 Å². The van der Waals surface area contributed by atoms with Crippen molar-refractivity contribution in [2.45, 2.75) is 38.8 Å². The van der Waals surface area contributed by atoms with E-state index < -0.39 is 0 Å². The predicted octanol–water partition coefficient (Wildman–Crippen LogP) is 5.36. The second-order valence-corrected chi connectivity index (χ2v) is 7.88. The molecule has 6 nitrogen and oxygen atoms in total. The van der Waals surface area contributed by atoms with E-state index in [0.717, 1.165) is 45.4 Å². The Kier molecular flexibility index (Phi) is 4.61. The van der Waals surface area contributed by atoms with Crippen molar-refractivity contribution in [2.75, 3.05) is 5.32 Å². The molecule has 0 saturated carbocycles. The number of nitroso groups, excluding NO2 is 1. The Balaban J connectivity index is 1.73. The average molecular weight is 381 g/mol. The summed E-state index contributed by atoms with van der Waals surface area (Å²) in [5.41, 5.74) is 3.72. The van der Waals surface area contributed by atoms with Gasteiger partial charge < -0.3 is 10.1 Å². The van der Waals surface area contributed by atoms with Gasteiger partial charge in [-0.15, -0.1) is 11.3 Å². The fourth-order valence-electron chi connectivity index (χ4n) is 3.41. The van der Waals surface area contributed by atoms with Gasteiger partial charge in [-0.3, -0.25) is 4.98 Å². The van der Waals surface area contributed by atoms with E-state index in [1.807, 2.05) is 38.1 Å². The minimum atomic E-state index is -0.347. The molecule has 1 aliphatic rings. The lowest BCUT2D eigenvalue weighted by molar-refractivity contribution is 0.0385. The zero-order valence-electron chi connectivity index (χ0n) is 15.1. The summed E-state index contributed by atoms with van der Waals surface area (Å²) in [7, 11) is 0. The molecule has 0 saturated heterocycles. The first-order valence-electron chi connectivity index (χ1n) is 8.86. The number of hydrogen-bond donors (Lipinski definition) is 1. The van der Waals surface area contributed by atoms with Crippen molar-refractivity contribution in [3.63, 3.8) is 0 Å². The van der Waals surface area contributed by atoms with Crippen LogP contribution in [0.15, 0.2) is 41.8 Å². The Morgan fingerprint density at radius 1 is 1.37 bits per heavy atom. The molecule has 1 N–H and O–H groups in total. The first-order chi connectivity index (χ1) is 13.1. The molecule has 138 valence electrons. The number of nitrogens with zero attached hydrogens (tertiary/aromatic N) is 2. The fraction of sp³-hybridized carbons (Fsp3) is 0.300. The molecule has 0 bridgehead atoms. The summed E-state index contributed by atoms with van der Waals surface area (Å²) in [4.78, 5) is 28.2. The van der Waals surface area contributed by atoms with Crippen molar-refractivity contribution in [2.24, 2.45) is 5.18 Å². The third kappa shape index (κ3) is 3.30. The number of anilines is 2. The van der Waals surface area contributed by atoms with Crippen molar-refractivity contribution in [1.82, 2.24) is 4.98 Å². The summed E-state index contributed by atoms with van der Waals surface area (Å²) in [6.07, 6.45) is 4.85. The molecule has 1 aliphatic carbocycles. The molecule has 0 amide bonds. The van der Waals surface area contributed by atoms with Crippen molar-refractivity contribution in [3.05, 3.63) is 57.6 Å². The molecule has 3 aromatic rings. The number of aryl methyl sites for hydroxylation is 1. The van der Waals surface area contributed by atoms with E-state index >= 15 is 0 Å². The lowest BCUT2D eigenvalue weighted by Gasteiger charge is -2.12. The normalized spacial score (nSPS) is 15.7. The Morgan fingerprint density at radius 3 is 3.00 bits per heavy atom. The molecule has 1 atom stereocenters. The van der Waals surface area contributed by atoms with Crippen LogP contribution in [0.5, 0.6) is 0 Å². The summed E-state index contributed by atoms with van der Waals surface area (Å²) in [5.74, 6) is -0.347. The van der Waals surface area contributed by atoms with Gasteiger partial charge in [0.25, 0.3) is 0 Å². The minimum absolute atomic E-state index is 0.193. The van der Waals surface area contributed by atoms with Crippen LogP contribution in [-0.4, -0.2) is 17.1 Å². The van der Waals surface area contributed by atoms with Gasteiger partial charge in [0.1, 0.15) is 10.9 Å². The first kappa shape index (κ1) is 17.6. The number of aromatic nitrogens is 1. The van der Waals surface area contributed by atoms with Gasteiger partial charge in [0.05, 0.1) is 16.5 Å². The van der Waals surface area contributed by atoms with Crippen LogP contribution in [0.2, 0.25) is 0 Å². The second kappa shape index (κ2) is 7.08. The predicted molar refractivity (Wildman–Crippen MR) is 107 cm³/mol. The van der Waals surface area contributed by atoms with Crippen LogP contribution in [0, 0.1) is 4.91 Å². The van der Waals surface area contributed by atoms with Gasteiger partial charge in [-0.05, 0) is 56.0 Å². The van der Waals surface area contributed by atoms with Gasteiger partial charge in [0.2, 0.25) is 0 Å². The molecule has 2 aromatic heterocycles. The van der Waals surface area contributed by atoms with Crippen LogP contribution >= 0.6 is 11.3 Å². The smallest absolute Gasteiger partial charge is 0.350 e. The summed E-state index contributed by atoms with van der Waals surface area (Å²) in [6.45, 7) is 3.66. The number of benzene rings is 1. The zero-order valence-corrected chi connectivity index (χ0v) is 15.9. The van der Waals surface area contributed by atoms with Crippen LogP contribution in [0.4, 0.5) is 11.4 Å². The highest BCUT2D eigenvalue weighted by Crippen LogP contribution is 2.40. The van der Waals surface area contributed by atoms with Crippen molar-refractivity contribution in [3.8, 4) is 0 Å². The van der Waals surface area contributed by atoms with Gasteiger partial charge in [0.15, 0.2) is 0 Å². The highest BCUT2D eigenvalue weighted by molar-refractivity contribution is 7.21. The lowest BCUT2D eigenvalue weighted by atomic mass is 10.1. The monoisotopic (exact) mass is 381 g/mol. The Hall–Kier alpha value is -2.80. The summed E-state index contributed by atoms with van der Waals surface area (Å²) < 4.78 is 6.33. The average Bonchev–Trinajstić information content (AvgIpc) is 3.22. The molecule has 1 aromatic carbocycles. The number of carbonyl (C=O) groups excluding carboxylic acids is 1. The SMILES string of the molecule is CC(C)OC(=O)c1sc2cnccc2c1Nc1ccc2c(c1)CCC2N=O. The van der Waals surface area contributed by atoms with Crippen LogP contribution in [0.1, 0.15) is 47.1 Å². The fourth-order valence-corrected chi connectivity index (χ4v) is 4.42. The van der Waals surface area contributed by atoms with E-state index in [1.165, 1.54) is 11.3 Å². The molecule has 7 heteroatoms. The molecule has 0 spiro atoms. The number of nitrogens with one attached hydrogen (secondary N) is 1. The van der Waals surface area contributed by atoms with Gasteiger partial charge in [-0.25, -0.2) is 4.79 Å². The van der Waals surface area contributed by atoms with Crippen molar-refractivity contribution < 1.29 is 9.53 Å². The van der Waals surface area contributed by atoms with Gasteiger partial charge >= 0.3 is 5.97 Å². The summed E-state index contributed by atoms with van der Waals surface area (Å²) >= 11 is 1.37. The number of ether oxygens (including phenoxy) is 1. The molecule has 1 unspecified atom stereocenters. The summed E-state index contributed by atoms with van der Waals surface area (Å²) in [5, 5.41) is 7.52. The van der Waals surface area contributed by atoms with E-state index in [9.17, 15) is 9.70 Å². The second-order valence-electron chi connectivity index (χ2n) is 6.83. The van der Waals surface area contributed by atoms with E-state index in [2.05, 4.69) is 15.5 Å². The molecule has 0 radical (unpaired) electrons. The maximum Gasteiger partial charge on any atom is 0.350 e. The van der Waals surface area contributed by atoms with E-state index in [1.54, 1.807) is 12.4 Å². The maximum atomic E-state index is 12.6. The van der Waals surface area contributed by atoms with Gasteiger partial charge in [-0.1, -0.05) is 11.2 Å². The van der Waals surface area contributed by atoms with Gasteiger partial charge in [0, 0.05) is 23.5 Å². The van der Waals surface area contributed by atoms with Crippen LogP contribution in [0.3, 0.4) is 0 Å². The largest absolute Gasteiger partial charge is 0.459 e. The van der Waals surface area contributed by atoms with E-state index in [-0.39, 0.29) is 18.1 Å². The quantitative estimate of drug-likeness (QED) is 0.475. The number of fused-ring (bicyclic) bond motifs is 2. The maximum absolute atomic E-state index is 12.6. The lowest BCUT2D eigenvalue weighted by Crippen LogP contribution is -2.11. The molecule has 4 rings (SSSR count). The molecule has 27 heavy (non-hydrogen) atoms. The Morgan fingerprint density at radius 2 is 2.22 bits per heavy atom. The third-order valence-corrected chi connectivity index (χ3v) is 5.73. The highest BCUT2D eigenvalue weighted by Gasteiger charge is 2.24. The Bertz CT molecular complexity index is 1030. The standard InChI is InChI=1S/C20H19N3O3S/c1-11(2)26-20(24)19-18(15-7-8-21-10-17(15)27-19)22-13-4-5-14-12(9-13)3-6-16(14)23-25/h4-5,7-11,16,22H,3,6H2,1-2H3. The number of rotatable bonds is 5. The molecule has 2 heterocycles. The van der Waals surface area contributed by atoms with E-state index in [0.29, 0.717) is 4.88 Å². The zero-order chi connectivity index (χ0) is 19.0. The topological polar surface area (TPSA) is 80.7 Å². The number of esters is 1. The van der Waals surface area contributed by atoms with Crippen molar-refractivity contribution in [1.29, 1.82) is 0 Å². The molecular formula is C20H19N3O3S. The van der Waals surface area contributed by atoms with Crippen LogP contribution in [-0.2, 0) is 11.2 Å². The number of hydrogen-bond acceptors (Lipinski definition) is 7. The first-order valence-corrected chi connectivity index (χ1v) is 9.68. The molecule has 0 aliphatic heterocycles. The van der Waals surface area contributed by atoms with Crippen LogP contribution in [0.25, 0.3) is 10.1 Å². The molecule has 0 fully saturated rings. The Labute approximate surface area is 160 Å². The van der Waals surface area contributed by atoms with Crippen LogP contribution < -0.4 is 5.32 Å². The van der Waals surface area contributed by atoms with Crippen molar-refractivity contribution >= 4 is 38.8 Å². The number of pyridine rings is 1. The van der Waals surface area contributed by atoms with E-state index in [4.69, 9.17) is 4.74 Å².